The molecule has 2 aromatic carbocycles. The summed E-state index contributed by atoms with van der Waals surface area (Å²) < 4.78 is 52.2. The van der Waals surface area contributed by atoms with Crippen molar-refractivity contribution in [2.24, 2.45) is 4.99 Å². The zero-order chi connectivity index (χ0) is 19.9. The van der Waals surface area contributed by atoms with Crippen molar-refractivity contribution in [3.05, 3.63) is 70.5 Å². The average Bonchev–Trinajstić information content (AvgIpc) is 2.64. The molecular formula is C19H18F4N4. The maximum Gasteiger partial charge on any atom is 0.416 e. The van der Waals surface area contributed by atoms with E-state index in [4.69, 9.17) is 5.26 Å². The minimum absolute atomic E-state index is 0.0277. The largest absolute Gasteiger partial charge is 0.416 e. The zero-order valence-corrected chi connectivity index (χ0v) is 14.6. The number of guanidine groups is 1. The number of nitrogens with zero attached hydrogens (tertiary/aromatic N) is 2. The highest BCUT2D eigenvalue weighted by Crippen LogP contribution is 2.29. The molecule has 8 heteroatoms. The van der Waals surface area contributed by atoms with Crippen LogP contribution >= 0.6 is 0 Å². The van der Waals surface area contributed by atoms with Gasteiger partial charge in [-0.3, -0.25) is 0 Å². The van der Waals surface area contributed by atoms with E-state index in [0.29, 0.717) is 29.2 Å². The van der Waals surface area contributed by atoms with E-state index in [2.05, 4.69) is 15.6 Å². The average molecular weight is 378 g/mol. The van der Waals surface area contributed by atoms with Gasteiger partial charge in [-0.25, -0.2) is 9.38 Å². The normalized spacial score (nSPS) is 11.8. The number of rotatable bonds is 5. The van der Waals surface area contributed by atoms with Crippen LogP contribution in [0.4, 0.5) is 17.6 Å². The van der Waals surface area contributed by atoms with Crippen molar-refractivity contribution in [1.82, 2.24) is 10.6 Å². The van der Waals surface area contributed by atoms with Gasteiger partial charge in [0.25, 0.3) is 0 Å². The van der Waals surface area contributed by atoms with Gasteiger partial charge in [0.2, 0.25) is 0 Å². The van der Waals surface area contributed by atoms with Crippen molar-refractivity contribution in [3.63, 3.8) is 0 Å². The number of alkyl halides is 3. The van der Waals surface area contributed by atoms with Gasteiger partial charge in [0.15, 0.2) is 5.96 Å². The molecule has 0 aliphatic rings. The Hall–Kier alpha value is -3.08. The van der Waals surface area contributed by atoms with Crippen molar-refractivity contribution in [1.29, 1.82) is 5.26 Å². The molecule has 142 valence electrons. The van der Waals surface area contributed by atoms with Gasteiger partial charge in [0.1, 0.15) is 5.82 Å². The monoisotopic (exact) mass is 378 g/mol. The molecule has 0 bridgehead atoms. The number of hydrogen-bond acceptors (Lipinski definition) is 2. The minimum Gasteiger partial charge on any atom is -0.357 e. The Morgan fingerprint density at radius 3 is 2.59 bits per heavy atom. The molecule has 0 radical (unpaired) electrons. The van der Waals surface area contributed by atoms with Crippen LogP contribution in [0.1, 0.15) is 29.2 Å². The number of nitriles is 1. The molecule has 2 N–H and O–H groups in total. The summed E-state index contributed by atoms with van der Waals surface area (Å²) in [5.41, 5.74) is 0.293. The Labute approximate surface area is 154 Å². The van der Waals surface area contributed by atoms with E-state index in [1.54, 1.807) is 6.07 Å². The van der Waals surface area contributed by atoms with Crippen molar-refractivity contribution in [3.8, 4) is 6.07 Å². The first-order valence-electron chi connectivity index (χ1n) is 8.20. The van der Waals surface area contributed by atoms with Gasteiger partial charge in [0.05, 0.1) is 23.7 Å². The van der Waals surface area contributed by atoms with Crippen LogP contribution in [0, 0.1) is 17.1 Å². The molecule has 2 aromatic rings. The molecule has 2 rings (SSSR count). The van der Waals surface area contributed by atoms with Crippen LogP contribution in [0.25, 0.3) is 0 Å². The smallest absolute Gasteiger partial charge is 0.357 e. The first-order chi connectivity index (χ1) is 12.8. The number of benzene rings is 2. The Balaban J connectivity index is 2.10. The van der Waals surface area contributed by atoms with Crippen LogP contribution in [0.2, 0.25) is 0 Å². The van der Waals surface area contributed by atoms with Crippen LogP contribution in [0.3, 0.4) is 0 Å². The van der Waals surface area contributed by atoms with E-state index in [1.807, 2.05) is 13.0 Å². The number of nitrogens with one attached hydrogen (secondary N) is 2. The predicted molar refractivity (Wildman–Crippen MR) is 94.2 cm³/mol. The number of halogens is 4. The summed E-state index contributed by atoms with van der Waals surface area (Å²) in [6.45, 7) is 2.46. The Kier molecular flexibility index (Phi) is 6.77. The third kappa shape index (κ3) is 5.99. The maximum atomic E-state index is 13.8. The fourth-order valence-corrected chi connectivity index (χ4v) is 2.32. The molecule has 0 aliphatic carbocycles. The lowest BCUT2D eigenvalue weighted by molar-refractivity contribution is -0.137. The minimum atomic E-state index is -4.41. The highest BCUT2D eigenvalue weighted by Gasteiger charge is 2.30. The van der Waals surface area contributed by atoms with Crippen LogP contribution in [-0.2, 0) is 19.3 Å². The lowest BCUT2D eigenvalue weighted by atomic mass is 10.1. The summed E-state index contributed by atoms with van der Waals surface area (Å²) in [4.78, 5) is 4.23. The summed E-state index contributed by atoms with van der Waals surface area (Å²) in [5.74, 6) is -0.133. The van der Waals surface area contributed by atoms with Crippen molar-refractivity contribution < 1.29 is 17.6 Å². The maximum absolute atomic E-state index is 13.8. The Morgan fingerprint density at radius 1 is 1.15 bits per heavy atom. The van der Waals surface area contributed by atoms with Gasteiger partial charge >= 0.3 is 6.18 Å². The Morgan fingerprint density at radius 2 is 1.93 bits per heavy atom. The van der Waals surface area contributed by atoms with Gasteiger partial charge in [-0.2, -0.15) is 18.4 Å². The fourth-order valence-electron chi connectivity index (χ4n) is 2.32. The van der Waals surface area contributed by atoms with Crippen molar-refractivity contribution >= 4 is 5.96 Å². The third-order valence-electron chi connectivity index (χ3n) is 3.64. The van der Waals surface area contributed by atoms with E-state index in [1.165, 1.54) is 24.3 Å². The lowest BCUT2D eigenvalue weighted by Gasteiger charge is -2.12. The molecule has 0 heterocycles. The second-order valence-electron chi connectivity index (χ2n) is 5.66. The van der Waals surface area contributed by atoms with Crippen molar-refractivity contribution in [2.45, 2.75) is 26.2 Å². The molecule has 4 nitrogen and oxygen atoms in total. The van der Waals surface area contributed by atoms with E-state index >= 15 is 0 Å². The highest BCUT2D eigenvalue weighted by molar-refractivity contribution is 5.79. The highest BCUT2D eigenvalue weighted by atomic mass is 19.4. The van der Waals surface area contributed by atoms with E-state index < -0.39 is 17.6 Å². The molecule has 0 aliphatic heterocycles. The van der Waals surface area contributed by atoms with Gasteiger partial charge in [-0.05, 0) is 42.8 Å². The molecule has 0 unspecified atom stereocenters. The molecular weight excluding hydrogens is 360 g/mol. The summed E-state index contributed by atoms with van der Waals surface area (Å²) in [6.07, 6.45) is -4.41. The fraction of sp³-hybridized carbons (Fsp3) is 0.263. The van der Waals surface area contributed by atoms with E-state index in [0.717, 1.165) is 12.1 Å². The van der Waals surface area contributed by atoms with Crippen LogP contribution in [0.15, 0.2) is 47.5 Å². The van der Waals surface area contributed by atoms with Gasteiger partial charge in [0, 0.05) is 18.7 Å². The van der Waals surface area contributed by atoms with Gasteiger partial charge in [-0.15, -0.1) is 0 Å². The quantitative estimate of drug-likeness (QED) is 0.470. The molecule has 0 saturated carbocycles. The molecule has 0 amide bonds. The predicted octanol–water partition coefficient (Wildman–Crippen LogP) is 3.97. The van der Waals surface area contributed by atoms with E-state index in [9.17, 15) is 17.6 Å². The summed E-state index contributed by atoms with van der Waals surface area (Å²) in [5, 5.41) is 14.8. The Bertz CT molecular complexity index is 854. The van der Waals surface area contributed by atoms with Gasteiger partial charge in [-0.1, -0.05) is 12.1 Å². The summed E-state index contributed by atoms with van der Waals surface area (Å²) >= 11 is 0. The summed E-state index contributed by atoms with van der Waals surface area (Å²) in [6, 6.07) is 10.9. The molecule has 0 aromatic heterocycles. The number of aliphatic imine (C=N–C) groups is 1. The van der Waals surface area contributed by atoms with Gasteiger partial charge < -0.3 is 10.6 Å². The van der Waals surface area contributed by atoms with Crippen LogP contribution in [-0.4, -0.2) is 12.5 Å². The molecule has 27 heavy (non-hydrogen) atoms. The molecule has 0 saturated heterocycles. The number of hydrogen-bond donors (Lipinski definition) is 2. The lowest BCUT2D eigenvalue weighted by Crippen LogP contribution is -2.37. The SMILES string of the molecule is CCNC(=NCc1cccc(C(F)(F)F)c1)NCc1cc(C#N)ccc1F. The third-order valence-corrected chi connectivity index (χ3v) is 3.64. The first-order valence-corrected chi connectivity index (χ1v) is 8.20. The molecule has 0 fully saturated rings. The van der Waals surface area contributed by atoms with Crippen LogP contribution in [0.5, 0.6) is 0 Å². The van der Waals surface area contributed by atoms with Crippen LogP contribution < -0.4 is 10.6 Å². The molecule has 0 atom stereocenters. The molecule has 0 spiro atoms. The topological polar surface area (TPSA) is 60.2 Å². The second-order valence-corrected chi connectivity index (χ2v) is 5.66. The van der Waals surface area contributed by atoms with E-state index in [-0.39, 0.29) is 13.1 Å². The van der Waals surface area contributed by atoms with Crippen molar-refractivity contribution in [2.75, 3.05) is 6.54 Å². The second kappa shape index (κ2) is 9.03. The summed E-state index contributed by atoms with van der Waals surface area (Å²) in [7, 11) is 0. The zero-order valence-electron chi connectivity index (χ0n) is 14.6. The standard InChI is InChI=1S/C19H18F4N4/c1-2-25-18(27-12-15-8-13(10-24)6-7-17(15)20)26-11-14-4-3-5-16(9-14)19(21,22)23/h3-9H,2,11-12H2,1H3,(H2,25,26,27). The first kappa shape index (κ1) is 20.2.